The van der Waals surface area contributed by atoms with Crippen molar-refractivity contribution >= 4 is 27.5 Å². The molecule has 2 aliphatic rings. The summed E-state index contributed by atoms with van der Waals surface area (Å²) >= 11 is 10.1. The van der Waals surface area contributed by atoms with Gasteiger partial charge >= 0.3 is 0 Å². The quantitative estimate of drug-likeness (QED) is 0.411. The standard InChI is InChI=1S/C25H31BrClNO4/c1-29-8-9-30-22-14-19(13-21(26)16-22)12-18-2-5-28(6-3-18)7-4-20-15-24-25(17-23(20)27)32-11-10-31-24/h13-18H,2-12H2,1H3. The number of benzene rings is 2. The molecule has 2 aliphatic heterocycles. The SMILES string of the molecule is COCCOc1cc(Br)cc(CC2CCN(CCc3cc4c(cc3Cl)OCCO4)CC2)c1. The van der Waals surface area contributed by atoms with Crippen LogP contribution in [0.15, 0.2) is 34.8 Å². The minimum absolute atomic E-state index is 0.568. The number of hydrogen-bond donors (Lipinski definition) is 0. The predicted molar refractivity (Wildman–Crippen MR) is 131 cm³/mol. The molecule has 0 bridgehead atoms. The van der Waals surface area contributed by atoms with Crippen molar-refractivity contribution in [2.24, 2.45) is 5.92 Å². The molecular weight excluding hydrogens is 494 g/mol. The molecule has 2 heterocycles. The van der Waals surface area contributed by atoms with Crippen molar-refractivity contribution in [3.8, 4) is 17.2 Å². The van der Waals surface area contributed by atoms with Crippen LogP contribution in [0.4, 0.5) is 0 Å². The van der Waals surface area contributed by atoms with Gasteiger partial charge in [-0.2, -0.15) is 0 Å². The van der Waals surface area contributed by atoms with E-state index in [-0.39, 0.29) is 0 Å². The molecule has 2 aromatic carbocycles. The van der Waals surface area contributed by atoms with Crippen LogP contribution in [0.3, 0.4) is 0 Å². The summed E-state index contributed by atoms with van der Waals surface area (Å²) in [4.78, 5) is 2.55. The third-order valence-electron chi connectivity index (χ3n) is 6.13. The van der Waals surface area contributed by atoms with Gasteiger partial charge in [-0.1, -0.05) is 27.5 Å². The van der Waals surface area contributed by atoms with Crippen LogP contribution >= 0.6 is 27.5 Å². The largest absolute Gasteiger partial charge is 0.491 e. The highest BCUT2D eigenvalue weighted by molar-refractivity contribution is 9.10. The molecule has 0 amide bonds. The van der Waals surface area contributed by atoms with Crippen molar-refractivity contribution in [3.05, 3.63) is 51.0 Å². The third-order valence-corrected chi connectivity index (χ3v) is 6.94. The summed E-state index contributed by atoms with van der Waals surface area (Å²) in [6.45, 7) is 5.60. The van der Waals surface area contributed by atoms with Crippen molar-refractivity contribution in [2.75, 3.05) is 53.2 Å². The molecule has 2 aromatic rings. The summed E-state index contributed by atoms with van der Waals surface area (Å²) in [5.41, 5.74) is 2.46. The van der Waals surface area contributed by atoms with E-state index in [2.05, 4.69) is 33.0 Å². The molecule has 0 spiro atoms. The van der Waals surface area contributed by atoms with Crippen molar-refractivity contribution in [1.29, 1.82) is 0 Å². The van der Waals surface area contributed by atoms with Gasteiger partial charge in [0.2, 0.25) is 0 Å². The highest BCUT2D eigenvalue weighted by Crippen LogP contribution is 2.36. The second-order valence-corrected chi connectivity index (χ2v) is 9.79. The minimum Gasteiger partial charge on any atom is -0.491 e. The molecule has 0 aromatic heterocycles. The Kier molecular flexibility index (Phi) is 8.58. The van der Waals surface area contributed by atoms with E-state index in [0.29, 0.717) is 32.3 Å². The molecule has 5 nitrogen and oxygen atoms in total. The molecule has 0 atom stereocenters. The number of hydrogen-bond acceptors (Lipinski definition) is 5. The molecule has 0 unspecified atom stereocenters. The number of fused-ring (bicyclic) bond motifs is 1. The molecule has 32 heavy (non-hydrogen) atoms. The van der Waals surface area contributed by atoms with Gasteiger partial charge in [-0.15, -0.1) is 0 Å². The first-order chi connectivity index (χ1) is 15.6. The van der Waals surface area contributed by atoms with Crippen LogP contribution in [0.25, 0.3) is 0 Å². The van der Waals surface area contributed by atoms with Crippen LogP contribution in [0.2, 0.25) is 5.02 Å². The average Bonchev–Trinajstić information content (AvgIpc) is 2.78. The molecule has 0 radical (unpaired) electrons. The number of likely N-dealkylation sites (tertiary alicyclic amines) is 1. The van der Waals surface area contributed by atoms with E-state index in [9.17, 15) is 0 Å². The zero-order valence-corrected chi connectivity index (χ0v) is 20.9. The van der Waals surface area contributed by atoms with Crippen LogP contribution in [0.5, 0.6) is 17.2 Å². The van der Waals surface area contributed by atoms with Crippen LogP contribution < -0.4 is 14.2 Å². The molecule has 0 aliphatic carbocycles. The van der Waals surface area contributed by atoms with Gasteiger partial charge in [0.25, 0.3) is 0 Å². The van der Waals surface area contributed by atoms with Gasteiger partial charge in [-0.3, -0.25) is 0 Å². The zero-order chi connectivity index (χ0) is 22.3. The molecule has 1 fully saturated rings. The average molecular weight is 525 g/mol. The van der Waals surface area contributed by atoms with E-state index >= 15 is 0 Å². The van der Waals surface area contributed by atoms with Gasteiger partial charge < -0.3 is 23.8 Å². The highest BCUT2D eigenvalue weighted by atomic mass is 79.9. The maximum Gasteiger partial charge on any atom is 0.162 e. The van der Waals surface area contributed by atoms with Gasteiger partial charge in [0.1, 0.15) is 25.6 Å². The fourth-order valence-corrected chi connectivity index (χ4v) is 5.16. The van der Waals surface area contributed by atoms with E-state index < -0.39 is 0 Å². The normalized spacial score (nSPS) is 16.8. The molecule has 4 rings (SSSR count). The van der Waals surface area contributed by atoms with Crippen LogP contribution in [0.1, 0.15) is 24.0 Å². The summed E-state index contributed by atoms with van der Waals surface area (Å²) in [6.07, 6.45) is 4.43. The van der Waals surface area contributed by atoms with Crippen LogP contribution in [0, 0.1) is 5.92 Å². The molecular formula is C25H31BrClNO4. The van der Waals surface area contributed by atoms with E-state index in [4.69, 9.17) is 30.5 Å². The maximum atomic E-state index is 6.48. The Morgan fingerprint density at radius 2 is 1.78 bits per heavy atom. The van der Waals surface area contributed by atoms with Crippen molar-refractivity contribution in [1.82, 2.24) is 4.90 Å². The Bertz CT molecular complexity index is 902. The smallest absolute Gasteiger partial charge is 0.162 e. The fraction of sp³-hybridized carbons (Fsp3) is 0.520. The Hall–Kier alpha value is -1.47. The summed E-state index contributed by atoms with van der Waals surface area (Å²) in [5.74, 6) is 3.17. The fourth-order valence-electron chi connectivity index (χ4n) is 4.39. The van der Waals surface area contributed by atoms with Gasteiger partial charge in [0.15, 0.2) is 11.5 Å². The van der Waals surface area contributed by atoms with E-state index in [1.54, 1.807) is 7.11 Å². The first-order valence-electron chi connectivity index (χ1n) is 11.3. The topological polar surface area (TPSA) is 40.2 Å². The monoisotopic (exact) mass is 523 g/mol. The number of rotatable bonds is 9. The summed E-state index contributed by atoms with van der Waals surface area (Å²) in [5, 5.41) is 0.766. The van der Waals surface area contributed by atoms with Crippen molar-refractivity contribution < 1.29 is 18.9 Å². The Morgan fingerprint density at radius 1 is 1.03 bits per heavy atom. The predicted octanol–water partition coefficient (Wildman–Crippen LogP) is 5.40. The van der Waals surface area contributed by atoms with Crippen molar-refractivity contribution in [2.45, 2.75) is 25.7 Å². The lowest BCUT2D eigenvalue weighted by Gasteiger charge is -2.32. The minimum atomic E-state index is 0.568. The Labute approximate surface area is 204 Å². The third kappa shape index (κ3) is 6.53. The van der Waals surface area contributed by atoms with Gasteiger partial charge in [-0.25, -0.2) is 0 Å². The molecule has 1 saturated heterocycles. The molecule has 0 saturated carbocycles. The van der Waals surface area contributed by atoms with Crippen molar-refractivity contribution in [3.63, 3.8) is 0 Å². The number of piperidine rings is 1. The number of nitrogens with zero attached hydrogens (tertiary/aromatic N) is 1. The van der Waals surface area contributed by atoms with E-state index in [0.717, 1.165) is 64.8 Å². The number of ether oxygens (including phenoxy) is 4. The van der Waals surface area contributed by atoms with Gasteiger partial charge in [0.05, 0.1) is 6.61 Å². The van der Waals surface area contributed by atoms with Crippen LogP contribution in [-0.2, 0) is 17.6 Å². The Morgan fingerprint density at radius 3 is 2.53 bits per heavy atom. The second-order valence-electron chi connectivity index (χ2n) is 8.46. The molecule has 0 N–H and O–H groups in total. The zero-order valence-electron chi connectivity index (χ0n) is 18.6. The first kappa shape index (κ1) is 23.7. The molecule has 174 valence electrons. The van der Waals surface area contributed by atoms with Gasteiger partial charge in [0, 0.05) is 29.2 Å². The van der Waals surface area contributed by atoms with E-state index in [1.165, 1.54) is 18.4 Å². The Balaban J connectivity index is 1.25. The highest BCUT2D eigenvalue weighted by Gasteiger charge is 2.21. The number of halogens is 2. The lowest BCUT2D eigenvalue weighted by Crippen LogP contribution is -2.35. The maximum absolute atomic E-state index is 6.48. The molecule has 7 heteroatoms. The number of methoxy groups -OCH3 is 1. The van der Waals surface area contributed by atoms with Gasteiger partial charge in [-0.05, 0) is 80.1 Å². The lowest BCUT2D eigenvalue weighted by atomic mass is 9.90. The lowest BCUT2D eigenvalue weighted by molar-refractivity contribution is 0.146. The summed E-state index contributed by atoms with van der Waals surface area (Å²) in [6, 6.07) is 10.3. The van der Waals surface area contributed by atoms with Crippen LogP contribution in [-0.4, -0.2) is 58.1 Å². The second kappa shape index (κ2) is 11.6. The van der Waals surface area contributed by atoms with E-state index in [1.807, 2.05) is 18.2 Å². The summed E-state index contributed by atoms with van der Waals surface area (Å²) < 4.78 is 23.3. The first-order valence-corrected chi connectivity index (χ1v) is 12.5. The summed E-state index contributed by atoms with van der Waals surface area (Å²) in [7, 11) is 1.69.